The van der Waals surface area contributed by atoms with E-state index in [0.29, 0.717) is 48.9 Å². The van der Waals surface area contributed by atoms with E-state index in [4.69, 9.17) is 9.47 Å². The molecule has 2 N–H and O–H groups in total. The number of carbonyl (C=O) groups is 2. The molecule has 3 aromatic rings. The van der Waals surface area contributed by atoms with Crippen LogP contribution in [0.3, 0.4) is 0 Å². The number of piperidine rings is 1. The number of aromatic amines is 1. The van der Waals surface area contributed by atoms with Crippen molar-refractivity contribution in [1.82, 2.24) is 14.9 Å². The van der Waals surface area contributed by atoms with Crippen LogP contribution in [0.25, 0.3) is 0 Å². The van der Waals surface area contributed by atoms with Gasteiger partial charge in [0.2, 0.25) is 18.6 Å². The van der Waals surface area contributed by atoms with Crippen molar-refractivity contribution in [2.45, 2.75) is 31.3 Å². The molecular weight excluding hydrogens is 464 g/mol. The number of amides is 2. The molecule has 0 unspecified atom stereocenters. The number of hydrogen-bond donors (Lipinski definition) is 2. The summed E-state index contributed by atoms with van der Waals surface area (Å²) in [6.45, 7) is 3.37. The van der Waals surface area contributed by atoms with Crippen LogP contribution in [0.15, 0.2) is 53.7 Å². The number of benzene rings is 2. The summed E-state index contributed by atoms with van der Waals surface area (Å²) in [6.07, 6.45) is 2.06. The molecule has 1 saturated heterocycles. The molecule has 1 fully saturated rings. The standard InChI is InChI=1S/C26H28N4O4S/c1-17-21(13-18-5-3-2-4-6-18)29-26(27-17)35-15-24(31)30-11-9-19(10-12-30)25(32)28-20-7-8-22-23(14-20)34-16-33-22/h2-8,14,19H,9-13,15-16H2,1H3,(H,27,29)(H,28,32). The maximum absolute atomic E-state index is 12.8. The number of rotatable bonds is 7. The van der Waals surface area contributed by atoms with Crippen LogP contribution in [0.5, 0.6) is 11.5 Å². The maximum Gasteiger partial charge on any atom is 0.233 e. The molecule has 5 rings (SSSR count). The van der Waals surface area contributed by atoms with Crippen molar-refractivity contribution >= 4 is 29.3 Å². The normalized spacial score (nSPS) is 15.3. The van der Waals surface area contributed by atoms with Gasteiger partial charge in [-0.05, 0) is 37.5 Å². The van der Waals surface area contributed by atoms with Gasteiger partial charge in [0, 0.05) is 42.9 Å². The van der Waals surface area contributed by atoms with Crippen LogP contribution in [-0.2, 0) is 16.0 Å². The first-order chi connectivity index (χ1) is 17.0. The number of likely N-dealkylation sites (tertiary alicyclic amines) is 1. The molecule has 9 heteroatoms. The Labute approximate surface area is 208 Å². The van der Waals surface area contributed by atoms with Gasteiger partial charge in [0.25, 0.3) is 0 Å². The number of nitrogens with one attached hydrogen (secondary N) is 2. The number of carbonyl (C=O) groups excluding carboxylic acids is 2. The summed E-state index contributed by atoms with van der Waals surface area (Å²) in [4.78, 5) is 35.3. The van der Waals surface area contributed by atoms with Crippen LogP contribution in [0, 0.1) is 12.8 Å². The first-order valence-electron chi connectivity index (χ1n) is 11.8. The highest BCUT2D eigenvalue weighted by Crippen LogP contribution is 2.34. The zero-order valence-electron chi connectivity index (χ0n) is 19.6. The molecule has 8 nitrogen and oxygen atoms in total. The fourth-order valence-electron chi connectivity index (χ4n) is 4.33. The van der Waals surface area contributed by atoms with Gasteiger partial charge in [-0.1, -0.05) is 42.1 Å². The molecule has 0 radical (unpaired) electrons. The van der Waals surface area contributed by atoms with E-state index in [9.17, 15) is 9.59 Å². The van der Waals surface area contributed by atoms with Crippen molar-refractivity contribution in [3.63, 3.8) is 0 Å². The van der Waals surface area contributed by atoms with Gasteiger partial charge >= 0.3 is 0 Å². The zero-order chi connectivity index (χ0) is 24.2. The predicted octanol–water partition coefficient (Wildman–Crippen LogP) is 4.01. The summed E-state index contributed by atoms with van der Waals surface area (Å²) >= 11 is 1.43. The van der Waals surface area contributed by atoms with Gasteiger partial charge in [0.1, 0.15) is 0 Å². The van der Waals surface area contributed by atoms with Crippen molar-refractivity contribution in [2.24, 2.45) is 5.92 Å². The minimum Gasteiger partial charge on any atom is -0.454 e. The van der Waals surface area contributed by atoms with E-state index >= 15 is 0 Å². The van der Waals surface area contributed by atoms with E-state index in [1.54, 1.807) is 12.1 Å². The van der Waals surface area contributed by atoms with Gasteiger partial charge in [-0.15, -0.1) is 0 Å². The van der Waals surface area contributed by atoms with Crippen molar-refractivity contribution in [1.29, 1.82) is 0 Å². The molecule has 35 heavy (non-hydrogen) atoms. The molecule has 1 aromatic heterocycles. The molecule has 2 amide bonds. The Hall–Kier alpha value is -3.46. The molecule has 182 valence electrons. The minimum absolute atomic E-state index is 0.0256. The van der Waals surface area contributed by atoms with Gasteiger partial charge in [-0.3, -0.25) is 9.59 Å². The lowest BCUT2D eigenvalue weighted by Crippen LogP contribution is -2.42. The van der Waals surface area contributed by atoms with Crippen LogP contribution in [0.4, 0.5) is 5.69 Å². The van der Waals surface area contributed by atoms with Crippen LogP contribution < -0.4 is 14.8 Å². The van der Waals surface area contributed by atoms with Crippen LogP contribution >= 0.6 is 11.8 Å². The Morgan fingerprint density at radius 3 is 2.69 bits per heavy atom. The Balaban J connectivity index is 1.08. The zero-order valence-corrected chi connectivity index (χ0v) is 20.4. The molecule has 0 aliphatic carbocycles. The van der Waals surface area contributed by atoms with Crippen molar-refractivity contribution in [2.75, 3.05) is 31.0 Å². The number of nitrogens with zero attached hydrogens (tertiary/aromatic N) is 2. The van der Waals surface area contributed by atoms with Crippen molar-refractivity contribution in [3.8, 4) is 11.5 Å². The van der Waals surface area contributed by atoms with Gasteiger partial charge in [0.15, 0.2) is 16.7 Å². The lowest BCUT2D eigenvalue weighted by atomic mass is 9.96. The summed E-state index contributed by atoms with van der Waals surface area (Å²) in [5, 5.41) is 3.73. The number of H-pyrrole nitrogens is 1. The highest BCUT2D eigenvalue weighted by molar-refractivity contribution is 7.99. The average molecular weight is 493 g/mol. The number of hydrogen-bond acceptors (Lipinski definition) is 6. The van der Waals surface area contributed by atoms with Gasteiger partial charge in [0.05, 0.1) is 11.4 Å². The van der Waals surface area contributed by atoms with Gasteiger partial charge in [-0.2, -0.15) is 0 Å². The number of anilines is 1. The predicted molar refractivity (Wildman–Crippen MR) is 134 cm³/mol. The monoisotopic (exact) mass is 492 g/mol. The summed E-state index contributed by atoms with van der Waals surface area (Å²) in [5.41, 5.74) is 3.92. The van der Waals surface area contributed by atoms with Crippen LogP contribution in [0.2, 0.25) is 0 Å². The Kier molecular flexibility index (Phi) is 6.94. The lowest BCUT2D eigenvalue weighted by Gasteiger charge is -2.31. The number of thioether (sulfide) groups is 1. The molecule has 0 bridgehead atoms. The number of aryl methyl sites for hydroxylation is 1. The number of fused-ring (bicyclic) bond motifs is 1. The maximum atomic E-state index is 12.8. The molecule has 2 aliphatic heterocycles. The first kappa shape index (κ1) is 23.3. The third-order valence-electron chi connectivity index (χ3n) is 6.37. The first-order valence-corrected chi connectivity index (χ1v) is 12.7. The summed E-state index contributed by atoms with van der Waals surface area (Å²) < 4.78 is 10.7. The lowest BCUT2D eigenvalue weighted by molar-refractivity contribution is -0.132. The fraction of sp³-hybridized carbons (Fsp3) is 0.346. The van der Waals surface area contributed by atoms with Crippen LogP contribution in [-0.4, -0.2) is 52.3 Å². The topological polar surface area (TPSA) is 96.6 Å². The summed E-state index contributed by atoms with van der Waals surface area (Å²) in [7, 11) is 0. The molecule has 0 spiro atoms. The van der Waals surface area contributed by atoms with Gasteiger partial charge in [-0.25, -0.2) is 4.98 Å². The molecule has 0 atom stereocenters. The van der Waals surface area contributed by atoms with Crippen molar-refractivity contribution in [3.05, 3.63) is 65.5 Å². The third kappa shape index (κ3) is 5.62. The Morgan fingerprint density at radius 2 is 1.89 bits per heavy atom. The molecule has 2 aromatic carbocycles. The summed E-state index contributed by atoms with van der Waals surface area (Å²) in [6, 6.07) is 15.6. The highest BCUT2D eigenvalue weighted by atomic mass is 32.2. The van der Waals surface area contributed by atoms with E-state index < -0.39 is 0 Å². The third-order valence-corrected chi connectivity index (χ3v) is 7.23. The highest BCUT2D eigenvalue weighted by Gasteiger charge is 2.28. The largest absolute Gasteiger partial charge is 0.454 e. The van der Waals surface area contributed by atoms with E-state index in [1.807, 2.05) is 36.1 Å². The van der Waals surface area contributed by atoms with Gasteiger partial charge < -0.3 is 24.7 Å². The Bertz CT molecular complexity index is 1210. The smallest absolute Gasteiger partial charge is 0.233 e. The summed E-state index contributed by atoms with van der Waals surface area (Å²) in [5.74, 6) is 1.58. The quantitative estimate of drug-likeness (QED) is 0.484. The molecule has 2 aliphatic rings. The van der Waals surface area contributed by atoms with E-state index in [-0.39, 0.29) is 24.5 Å². The van der Waals surface area contributed by atoms with E-state index in [0.717, 1.165) is 23.0 Å². The Morgan fingerprint density at radius 1 is 1.11 bits per heavy atom. The second kappa shape index (κ2) is 10.4. The van der Waals surface area contributed by atoms with E-state index in [2.05, 4.69) is 27.4 Å². The fourth-order valence-corrected chi connectivity index (χ4v) is 5.17. The molecular formula is C26H28N4O4S. The average Bonchev–Trinajstić information content (AvgIpc) is 3.49. The van der Waals surface area contributed by atoms with E-state index in [1.165, 1.54) is 17.3 Å². The minimum atomic E-state index is -0.120. The molecule has 0 saturated carbocycles. The van der Waals surface area contributed by atoms with Crippen molar-refractivity contribution < 1.29 is 19.1 Å². The number of imidazole rings is 1. The molecule has 3 heterocycles. The van der Waals surface area contributed by atoms with Crippen LogP contribution in [0.1, 0.15) is 29.8 Å². The number of ether oxygens (including phenoxy) is 2. The second-order valence-electron chi connectivity index (χ2n) is 8.78. The SMILES string of the molecule is Cc1[nH]c(SCC(=O)N2CCC(C(=O)Nc3ccc4c(c3)OCO4)CC2)nc1Cc1ccccc1. The number of aromatic nitrogens is 2. The second-order valence-corrected chi connectivity index (χ2v) is 9.74.